The molecule has 0 saturated heterocycles. The van der Waals surface area contributed by atoms with E-state index in [0.29, 0.717) is 20.6 Å². The summed E-state index contributed by atoms with van der Waals surface area (Å²) in [6, 6.07) is 9.83. The van der Waals surface area contributed by atoms with Crippen molar-refractivity contribution in [2.24, 2.45) is 0 Å². The van der Waals surface area contributed by atoms with Crippen LogP contribution >= 0.6 is 34.5 Å². The van der Waals surface area contributed by atoms with Crippen molar-refractivity contribution in [2.75, 3.05) is 18.1 Å². The van der Waals surface area contributed by atoms with Crippen molar-refractivity contribution in [3.63, 3.8) is 0 Å². The molecule has 0 aliphatic rings. The Labute approximate surface area is 214 Å². The molecule has 0 aliphatic carbocycles. The Morgan fingerprint density at radius 3 is 2.54 bits per heavy atom. The fourth-order valence-corrected chi connectivity index (χ4v) is 6.73. The molecule has 0 saturated carbocycles. The van der Waals surface area contributed by atoms with Gasteiger partial charge in [-0.05, 0) is 48.9 Å². The van der Waals surface area contributed by atoms with E-state index in [9.17, 15) is 18.0 Å². The van der Waals surface area contributed by atoms with Gasteiger partial charge in [-0.2, -0.15) is 0 Å². The number of rotatable bonds is 7. The number of nitrogens with one attached hydrogen (secondary N) is 1. The van der Waals surface area contributed by atoms with Gasteiger partial charge in [0.2, 0.25) is 0 Å². The molecule has 4 aromatic rings. The van der Waals surface area contributed by atoms with Crippen molar-refractivity contribution in [1.29, 1.82) is 0 Å². The van der Waals surface area contributed by atoms with E-state index in [1.165, 1.54) is 30.3 Å². The van der Waals surface area contributed by atoms with Crippen LogP contribution in [0.3, 0.4) is 0 Å². The average molecular weight is 554 g/mol. The molecule has 0 aliphatic heterocycles. The summed E-state index contributed by atoms with van der Waals surface area (Å²) in [4.78, 5) is 30.0. The third-order valence-electron chi connectivity index (χ3n) is 5.25. The molecule has 0 amide bonds. The average Bonchev–Trinajstić information content (AvgIpc) is 3.22. The molecular formula is C23H18Cl2FN3O4S2. The van der Waals surface area contributed by atoms with Crippen molar-refractivity contribution in [3.05, 3.63) is 79.4 Å². The second kappa shape index (κ2) is 9.69. The van der Waals surface area contributed by atoms with Gasteiger partial charge in [0.25, 0.3) is 5.56 Å². The number of ketones is 1. The van der Waals surface area contributed by atoms with Gasteiger partial charge >= 0.3 is 0 Å². The first-order valence-corrected chi connectivity index (χ1v) is 13.4. The molecule has 35 heavy (non-hydrogen) atoms. The Kier molecular flexibility index (Phi) is 7.01. The number of halogens is 3. The molecule has 182 valence electrons. The molecule has 4 rings (SSSR count). The van der Waals surface area contributed by atoms with E-state index >= 15 is 4.39 Å². The molecular weight excluding hydrogens is 536 g/mol. The molecule has 1 N–H and O–H groups in total. The zero-order valence-corrected chi connectivity index (χ0v) is 21.6. The maximum absolute atomic E-state index is 15.1. The molecule has 0 radical (unpaired) electrons. The lowest BCUT2D eigenvalue weighted by molar-refractivity contribution is -0.116. The maximum atomic E-state index is 15.1. The van der Waals surface area contributed by atoms with Crippen LogP contribution in [0, 0.1) is 12.7 Å². The number of Topliss-reactive ketones (excluding diaryl/α,β-unsaturated/α-hetero) is 1. The second-order valence-electron chi connectivity index (χ2n) is 7.72. The standard InChI is InChI=1S/C23H18Cl2FN3O4S2/c1-12-28-18-10-19(27-2)16(24)9-15(18)23(31)29(12)20-4-3-13(8-17(20)26)7-14(30)11-35(32,33)22-6-5-21(25)34-22/h3-6,8-10,27H,7,11H2,1-2H3. The van der Waals surface area contributed by atoms with Crippen LogP contribution in [0.15, 0.2) is 51.5 Å². The van der Waals surface area contributed by atoms with Crippen molar-refractivity contribution < 1.29 is 17.6 Å². The first kappa shape index (κ1) is 25.3. The molecule has 0 unspecified atom stereocenters. The van der Waals surface area contributed by atoms with Crippen LogP contribution in [0.4, 0.5) is 10.1 Å². The predicted octanol–water partition coefficient (Wildman–Crippen LogP) is 4.83. The minimum absolute atomic E-state index is 0.00187. The van der Waals surface area contributed by atoms with E-state index in [1.807, 2.05) is 0 Å². The van der Waals surface area contributed by atoms with Gasteiger partial charge in [-0.15, -0.1) is 11.3 Å². The Morgan fingerprint density at radius 1 is 1.17 bits per heavy atom. The summed E-state index contributed by atoms with van der Waals surface area (Å²) in [5, 5.41) is 3.46. The lowest BCUT2D eigenvalue weighted by atomic mass is 10.1. The highest BCUT2D eigenvalue weighted by molar-refractivity contribution is 7.94. The van der Waals surface area contributed by atoms with Gasteiger partial charge in [0, 0.05) is 13.5 Å². The first-order chi connectivity index (χ1) is 16.5. The number of hydrogen-bond donors (Lipinski definition) is 1. The molecule has 2 heterocycles. The number of anilines is 1. The van der Waals surface area contributed by atoms with Crippen molar-refractivity contribution in [2.45, 2.75) is 17.6 Å². The number of aromatic nitrogens is 2. The number of fused-ring (bicyclic) bond motifs is 1. The normalized spacial score (nSPS) is 11.7. The van der Waals surface area contributed by atoms with E-state index in [4.69, 9.17) is 23.2 Å². The Balaban J connectivity index is 1.63. The fraction of sp³-hybridized carbons (Fsp3) is 0.174. The van der Waals surface area contributed by atoms with E-state index in [-0.39, 0.29) is 33.1 Å². The lowest BCUT2D eigenvalue weighted by Crippen LogP contribution is -2.23. The number of aryl methyl sites for hydroxylation is 1. The summed E-state index contributed by atoms with van der Waals surface area (Å²) >= 11 is 12.9. The van der Waals surface area contributed by atoms with Gasteiger partial charge in [-0.3, -0.25) is 14.2 Å². The van der Waals surface area contributed by atoms with Crippen LogP contribution < -0.4 is 10.9 Å². The topological polar surface area (TPSA) is 98.1 Å². The Hall–Kier alpha value is -2.79. The minimum Gasteiger partial charge on any atom is -0.387 e. The fourth-order valence-electron chi connectivity index (χ4n) is 3.66. The number of nitrogens with zero attached hydrogens (tertiary/aromatic N) is 2. The van der Waals surface area contributed by atoms with E-state index in [1.54, 1.807) is 20.0 Å². The largest absolute Gasteiger partial charge is 0.387 e. The van der Waals surface area contributed by atoms with Gasteiger partial charge < -0.3 is 5.32 Å². The molecule has 0 bridgehead atoms. The Bertz CT molecular complexity index is 1650. The van der Waals surface area contributed by atoms with Crippen molar-refractivity contribution in [3.8, 4) is 5.69 Å². The number of benzene rings is 2. The van der Waals surface area contributed by atoms with Gasteiger partial charge in [-0.1, -0.05) is 29.3 Å². The number of carbonyl (C=O) groups is 1. The summed E-state index contributed by atoms with van der Waals surface area (Å²) in [6.45, 7) is 1.58. The van der Waals surface area contributed by atoms with Crippen molar-refractivity contribution >= 4 is 66.7 Å². The van der Waals surface area contributed by atoms with Crippen LogP contribution in [0.2, 0.25) is 9.36 Å². The van der Waals surface area contributed by atoms with Crippen LogP contribution in [0.1, 0.15) is 11.4 Å². The quantitative estimate of drug-likeness (QED) is 0.352. The van der Waals surface area contributed by atoms with Gasteiger partial charge in [0.1, 0.15) is 21.6 Å². The zero-order valence-electron chi connectivity index (χ0n) is 18.4. The van der Waals surface area contributed by atoms with Crippen LogP contribution in [0.25, 0.3) is 16.6 Å². The molecule has 2 aromatic heterocycles. The van der Waals surface area contributed by atoms with E-state index in [0.717, 1.165) is 22.0 Å². The van der Waals surface area contributed by atoms with Gasteiger partial charge in [0.15, 0.2) is 15.6 Å². The minimum atomic E-state index is -3.84. The molecule has 0 atom stereocenters. The van der Waals surface area contributed by atoms with Gasteiger partial charge in [0.05, 0.1) is 31.6 Å². The predicted molar refractivity (Wildman–Crippen MR) is 137 cm³/mol. The molecule has 0 fully saturated rings. The zero-order chi connectivity index (χ0) is 25.5. The lowest BCUT2D eigenvalue weighted by Gasteiger charge is -2.14. The van der Waals surface area contributed by atoms with Crippen LogP contribution in [-0.2, 0) is 21.1 Å². The SMILES string of the molecule is CNc1cc2nc(C)n(-c3ccc(CC(=O)CS(=O)(=O)c4ccc(Cl)s4)cc3F)c(=O)c2cc1Cl. The third-order valence-corrected chi connectivity index (χ3v) is 9.06. The summed E-state index contributed by atoms with van der Waals surface area (Å²) in [6.07, 6.45) is -0.290. The highest BCUT2D eigenvalue weighted by Gasteiger charge is 2.22. The van der Waals surface area contributed by atoms with E-state index < -0.39 is 32.7 Å². The van der Waals surface area contributed by atoms with Gasteiger partial charge in [-0.25, -0.2) is 17.8 Å². The molecule has 0 spiro atoms. The van der Waals surface area contributed by atoms with E-state index in [2.05, 4.69) is 10.3 Å². The maximum Gasteiger partial charge on any atom is 0.266 e. The summed E-state index contributed by atoms with van der Waals surface area (Å²) in [5.74, 6) is -1.82. The number of thiophene rings is 1. The number of hydrogen-bond acceptors (Lipinski definition) is 7. The second-order valence-corrected chi connectivity index (χ2v) is 12.1. The smallest absolute Gasteiger partial charge is 0.266 e. The monoisotopic (exact) mass is 553 g/mol. The van der Waals surface area contributed by atoms with Crippen molar-refractivity contribution in [1.82, 2.24) is 9.55 Å². The first-order valence-electron chi connectivity index (χ1n) is 10.2. The summed E-state index contributed by atoms with van der Waals surface area (Å²) < 4.78 is 41.3. The highest BCUT2D eigenvalue weighted by atomic mass is 35.5. The highest BCUT2D eigenvalue weighted by Crippen LogP contribution is 2.28. The molecule has 2 aromatic carbocycles. The van der Waals surface area contributed by atoms with Crippen LogP contribution in [-0.4, -0.2) is 36.6 Å². The summed E-state index contributed by atoms with van der Waals surface area (Å²) in [5.41, 5.74) is 0.742. The summed E-state index contributed by atoms with van der Waals surface area (Å²) in [7, 11) is -2.15. The molecule has 12 heteroatoms. The number of carbonyl (C=O) groups excluding carboxylic acids is 1. The third kappa shape index (κ3) is 5.11. The Morgan fingerprint density at radius 2 is 1.91 bits per heavy atom. The van der Waals surface area contributed by atoms with Crippen LogP contribution in [0.5, 0.6) is 0 Å². The number of sulfone groups is 1. The molecule has 7 nitrogen and oxygen atoms in total.